The third kappa shape index (κ3) is 6.75. The van der Waals surface area contributed by atoms with Crippen LogP contribution in [0, 0.1) is 0 Å². The first-order valence-corrected chi connectivity index (χ1v) is 12.5. The van der Waals surface area contributed by atoms with Crippen LogP contribution in [-0.2, 0) is 4.74 Å². The molecular weight excluding hydrogens is 1020 g/mol. The van der Waals surface area contributed by atoms with Crippen LogP contribution in [0.4, 0.5) is 176 Å². The molecule has 0 bridgehead atoms. The van der Waals surface area contributed by atoms with Crippen molar-refractivity contribution in [2.45, 2.75) is 107 Å². The first kappa shape index (κ1) is 57.7. The van der Waals surface area contributed by atoms with Gasteiger partial charge in [0, 0.05) is 0 Å². The first-order valence-electron chi connectivity index (χ1n) is 12.5. The molecule has 0 aromatic heterocycles. The van der Waals surface area contributed by atoms with Crippen LogP contribution in [0.1, 0.15) is 0 Å². The van der Waals surface area contributed by atoms with E-state index in [1.54, 1.807) is 0 Å². The molecule has 0 aliphatic heterocycles. The van der Waals surface area contributed by atoms with Gasteiger partial charge in [-0.15, -0.1) is 0 Å². The average molecular weight is 1020 g/mol. The van der Waals surface area contributed by atoms with E-state index >= 15 is 0 Å². The fourth-order valence-electron chi connectivity index (χ4n) is 3.34. The highest BCUT2D eigenvalue weighted by atomic mass is 19.4. The molecule has 0 radical (unpaired) electrons. The third-order valence-corrected chi connectivity index (χ3v) is 7.00. The molecule has 0 aliphatic rings. The second-order valence-corrected chi connectivity index (χ2v) is 10.8. The van der Waals surface area contributed by atoms with Crippen molar-refractivity contribution in [1.82, 2.24) is 0 Å². The second-order valence-electron chi connectivity index (χ2n) is 10.8. The molecule has 1 nitrogen and oxygen atoms in total. The Morgan fingerprint density at radius 2 is 0.328 bits per heavy atom. The van der Waals surface area contributed by atoms with E-state index in [1.807, 2.05) is 0 Å². The molecule has 0 rings (SSSR count). The smallest absolute Gasteiger partial charge is 0.397 e. The van der Waals surface area contributed by atoms with Crippen LogP contribution in [0.5, 0.6) is 0 Å². The maximum Gasteiger partial charge on any atom is 0.472 e. The lowest BCUT2D eigenvalue weighted by Crippen LogP contribution is -2.80. The number of rotatable bonds is 18. The van der Waals surface area contributed by atoms with Crippen molar-refractivity contribution in [2.24, 2.45) is 0 Å². The molecule has 0 N–H and O–H groups in total. The Balaban J connectivity index is 7.89. The lowest BCUT2D eigenvalue weighted by Gasteiger charge is -2.47. The van der Waals surface area contributed by atoms with Gasteiger partial charge in [0.15, 0.2) is 0 Å². The fraction of sp³-hybridized carbons (Fsp3) is 0.900. The molecule has 0 saturated carbocycles. The van der Waals surface area contributed by atoms with Gasteiger partial charge in [0.2, 0.25) is 0 Å². The van der Waals surface area contributed by atoms with Crippen molar-refractivity contribution in [3.8, 4) is 0 Å². The summed E-state index contributed by atoms with van der Waals surface area (Å²) in [5.41, 5.74) is 0. The lowest BCUT2D eigenvalue weighted by atomic mass is 9.82. The van der Waals surface area contributed by atoms with E-state index in [1.165, 1.54) is 4.74 Å². The summed E-state index contributed by atoms with van der Waals surface area (Å²) >= 11 is 0. The largest absolute Gasteiger partial charge is 0.472 e. The molecule has 0 unspecified atom stereocenters. The number of hydrogen-bond donors (Lipinski definition) is 0. The Morgan fingerprint density at radius 3 is 0.459 bits per heavy atom. The van der Waals surface area contributed by atoms with E-state index < -0.39 is 119 Å². The van der Waals surface area contributed by atoms with Crippen LogP contribution in [0.3, 0.4) is 0 Å². The summed E-state index contributed by atoms with van der Waals surface area (Å²) in [7, 11) is 0. The van der Waals surface area contributed by atoms with E-state index in [2.05, 4.69) is 0 Å². The molecule has 0 aromatic carbocycles. The summed E-state index contributed by atoms with van der Waals surface area (Å²) in [5, 5.41) is 0. The number of halogens is 40. The standard InChI is InChI=1S/C20F40O/c21-1(22)2(23)61-20(59,60)18(54,55)16(50,51)14(46,47)12(42,43)10(38,39)8(34,35)6(30,31)4(26,27)3(24,25)5(28,29)7(32,33)9(36,37)11(40,41)13(44,45)15(48,49)17(52,53)19(56,57)58. The van der Waals surface area contributed by atoms with Crippen molar-refractivity contribution in [1.29, 1.82) is 0 Å². The van der Waals surface area contributed by atoms with E-state index in [9.17, 15) is 176 Å². The zero-order valence-electron chi connectivity index (χ0n) is 25.5. The van der Waals surface area contributed by atoms with E-state index in [0.29, 0.717) is 0 Å². The van der Waals surface area contributed by atoms with E-state index in [4.69, 9.17) is 0 Å². The molecule has 0 amide bonds. The molecule has 0 fully saturated rings. The van der Waals surface area contributed by atoms with Gasteiger partial charge in [0.1, 0.15) is 0 Å². The van der Waals surface area contributed by atoms with Crippen molar-refractivity contribution in [3.63, 3.8) is 0 Å². The topological polar surface area (TPSA) is 9.23 Å². The minimum absolute atomic E-state index is 1.31. The van der Waals surface area contributed by atoms with Crippen molar-refractivity contribution >= 4 is 0 Å². The Hall–Kier alpha value is -3.26. The molecule has 0 atom stereocenters. The van der Waals surface area contributed by atoms with Gasteiger partial charge in [-0.1, -0.05) is 0 Å². The number of ether oxygens (including phenoxy) is 1. The predicted octanol–water partition coefficient (Wildman–Crippen LogP) is 13.4. The molecule has 0 heterocycles. The SMILES string of the molecule is FC(F)=C(F)OC(F)(F)C(F)(F)C(F)(F)C(F)(F)C(F)(F)C(F)(F)C(F)(F)C(F)(F)C(F)(F)C(F)(F)C(F)(F)C(F)(F)C(F)(F)C(F)(F)C(F)(F)C(F)(F)C(F)(F)C(F)(F)F. The van der Waals surface area contributed by atoms with Crippen LogP contribution in [0.25, 0.3) is 0 Å². The highest BCUT2D eigenvalue weighted by molar-refractivity contribution is 5.22. The molecule has 61 heavy (non-hydrogen) atoms. The van der Waals surface area contributed by atoms with Crippen molar-refractivity contribution in [3.05, 3.63) is 12.1 Å². The van der Waals surface area contributed by atoms with E-state index in [0.717, 1.165) is 0 Å². The Kier molecular flexibility index (Phi) is 13.4. The third-order valence-electron chi connectivity index (χ3n) is 7.00. The molecule has 0 saturated heterocycles. The Labute approximate surface area is 301 Å². The average Bonchev–Trinajstić information content (AvgIpc) is 3.02. The summed E-state index contributed by atoms with van der Waals surface area (Å²) in [4.78, 5) is 0. The highest BCUT2D eigenvalue weighted by Crippen LogP contribution is 2.70. The zero-order chi connectivity index (χ0) is 50.9. The minimum Gasteiger partial charge on any atom is -0.397 e. The summed E-state index contributed by atoms with van der Waals surface area (Å²) < 4.78 is 537. The molecule has 0 aliphatic carbocycles. The zero-order valence-corrected chi connectivity index (χ0v) is 25.5. The molecule has 366 valence electrons. The van der Waals surface area contributed by atoms with E-state index in [-0.39, 0.29) is 0 Å². The predicted molar refractivity (Wildman–Crippen MR) is 102 cm³/mol. The van der Waals surface area contributed by atoms with Gasteiger partial charge in [-0.25, -0.2) is 0 Å². The molecule has 0 aromatic rings. The van der Waals surface area contributed by atoms with Crippen molar-refractivity contribution in [2.75, 3.05) is 0 Å². The summed E-state index contributed by atoms with van der Waals surface area (Å²) in [6, 6.07) is -4.66. The molecular formula is C20F40O. The van der Waals surface area contributed by atoms with Crippen LogP contribution >= 0.6 is 0 Å². The van der Waals surface area contributed by atoms with Crippen molar-refractivity contribution < 1.29 is 180 Å². The monoisotopic (exact) mass is 1020 g/mol. The van der Waals surface area contributed by atoms with Gasteiger partial charge in [0.05, 0.1) is 0 Å². The van der Waals surface area contributed by atoms with Crippen LogP contribution in [0.2, 0.25) is 0 Å². The van der Waals surface area contributed by atoms with Gasteiger partial charge in [0.25, 0.3) is 0 Å². The lowest BCUT2D eigenvalue weighted by molar-refractivity contribution is -0.496. The minimum atomic E-state index is -10.5. The second kappa shape index (κ2) is 14.1. The highest BCUT2D eigenvalue weighted by Gasteiger charge is 3.02. The first-order chi connectivity index (χ1) is 25.6. The van der Waals surface area contributed by atoms with Gasteiger partial charge in [-0.05, 0) is 0 Å². The summed E-state index contributed by atoms with van der Waals surface area (Å²) in [6.45, 7) is 0. The van der Waals surface area contributed by atoms with Crippen LogP contribution in [-0.4, -0.2) is 107 Å². The van der Waals surface area contributed by atoms with Crippen LogP contribution in [0.15, 0.2) is 12.1 Å². The normalized spacial score (nSPS) is 16.9. The Bertz CT molecular complexity index is 1630. The van der Waals surface area contributed by atoms with Gasteiger partial charge in [-0.2, -0.15) is 176 Å². The van der Waals surface area contributed by atoms with Gasteiger partial charge >= 0.3 is 119 Å². The number of hydrogen-bond acceptors (Lipinski definition) is 1. The molecule has 41 heteroatoms. The quantitative estimate of drug-likeness (QED) is 0.0982. The maximum absolute atomic E-state index is 13.9. The number of alkyl halides is 37. The summed E-state index contributed by atoms with van der Waals surface area (Å²) in [5.74, 6) is -161. The fourth-order valence-corrected chi connectivity index (χ4v) is 3.34. The van der Waals surface area contributed by atoms with Gasteiger partial charge in [-0.3, -0.25) is 0 Å². The Morgan fingerprint density at radius 1 is 0.197 bits per heavy atom. The van der Waals surface area contributed by atoms with Crippen LogP contribution < -0.4 is 0 Å². The molecule has 0 spiro atoms. The van der Waals surface area contributed by atoms with Gasteiger partial charge < -0.3 is 4.74 Å². The maximum atomic E-state index is 13.9. The summed E-state index contributed by atoms with van der Waals surface area (Å²) in [6.07, 6.45) is -21.4.